The molecule has 1 aliphatic heterocycles. The summed E-state index contributed by atoms with van der Waals surface area (Å²) in [6.07, 6.45) is 7.01. The van der Waals surface area contributed by atoms with Crippen LogP contribution < -0.4 is 5.32 Å². The zero-order valence-corrected chi connectivity index (χ0v) is 18.2. The molecule has 1 aromatic rings. The maximum Gasteiger partial charge on any atom is 0.248 e. The minimum absolute atomic E-state index is 0.0788. The summed E-state index contributed by atoms with van der Waals surface area (Å²) >= 11 is 0. The van der Waals surface area contributed by atoms with Crippen molar-refractivity contribution < 1.29 is 19.1 Å². The van der Waals surface area contributed by atoms with Gasteiger partial charge in [0.05, 0.1) is 13.2 Å². The van der Waals surface area contributed by atoms with Gasteiger partial charge < -0.3 is 19.7 Å². The number of rotatable bonds is 12. The van der Waals surface area contributed by atoms with E-state index in [2.05, 4.69) is 29.6 Å². The van der Waals surface area contributed by atoms with Gasteiger partial charge in [0.2, 0.25) is 11.8 Å². The van der Waals surface area contributed by atoms with Gasteiger partial charge in [-0.3, -0.25) is 9.59 Å². The van der Waals surface area contributed by atoms with Crippen molar-refractivity contribution in [3.63, 3.8) is 0 Å². The molecule has 2 aliphatic rings. The largest absolute Gasteiger partial charge is 0.382 e. The van der Waals surface area contributed by atoms with Crippen LogP contribution in [0.25, 0.3) is 0 Å². The number of nitrogens with one attached hydrogen (secondary N) is 1. The van der Waals surface area contributed by atoms with Crippen molar-refractivity contribution in [1.29, 1.82) is 0 Å². The van der Waals surface area contributed by atoms with Gasteiger partial charge in [-0.05, 0) is 61.5 Å². The van der Waals surface area contributed by atoms with E-state index >= 15 is 0 Å². The number of likely N-dealkylation sites (tertiary alicyclic amines) is 1. The minimum atomic E-state index is 0.0788. The first-order valence-corrected chi connectivity index (χ1v) is 11.3. The van der Waals surface area contributed by atoms with Crippen LogP contribution in [0, 0.1) is 11.8 Å². The van der Waals surface area contributed by atoms with Crippen LogP contribution in [0.3, 0.4) is 0 Å². The quantitative estimate of drug-likeness (QED) is 0.532. The average Bonchev–Trinajstić information content (AvgIpc) is 3.60. The number of methoxy groups -OCH3 is 1. The second kappa shape index (κ2) is 12.1. The van der Waals surface area contributed by atoms with E-state index in [4.69, 9.17) is 9.47 Å². The molecule has 0 aromatic heterocycles. The third kappa shape index (κ3) is 8.07. The predicted octanol–water partition coefficient (Wildman–Crippen LogP) is 2.59. The highest BCUT2D eigenvalue weighted by atomic mass is 16.5. The molecule has 1 saturated heterocycles. The van der Waals surface area contributed by atoms with E-state index in [-0.39, 0.29) is 18.4 Å². The molecule has 0 spiro atoms. The fourth-order valence-electron chi connectivity index (χ4n) is 3.88. The Balaban J connectivity index is 1.31. The number of amides is 2. The van der Waals surface area contributed by atoms with Crippen LogP contribution in [0.4, 0.5) is 0 Å². The van der Waals surface area contributed by atoms with Crippen molar-refractivity contribution in [2.75, 3.05) is 46.6 Å². The number of hydrogen-bond donors (Lipinski definition) is 1. The molecule has 2 amide bonds. The summed E-state index contributed by atoms with van der Waals surface area (Å²) in [5.74, 6) is 1.58. The summed E-state index contributed by atoms with van der Waals surface area (Å²) in [7, 11) is 1.62. The van der Waals surface area contributed by atoms with Gasteiger partial charge in [0, 0.05) is 33.2 Å². The van der Waals surface area contributed by atoms with Gasteiger partial charge in [-0.25, -0.2) is 0 Å². The van der Waals surface area contributed by atoms with Crippen molar-refractivity contribution in [1.82, 2.24) is 10.2 Å². The number of carbonyl (C=O) groups is 2. The highest BCUT2D eigenvalue weighted by Gasteiger charge is 2.23. The third-order valence-electron chi connectivity index (χ3n) is 6.10. The Morgan fingerprint density at radius 2 is 1.70 bits per heavy atom. The average molecular weight is 417 g/mol. The Labute approximate surface area is 180 Å². The van der Waals surface area contributed by atoms with Gasteiger partial charge in [0.15, 0.2) is 0 Å². The number of hydrogen-bond acceptors (Lipinski definition) is 4. The number of carbonyl (C=O) groups excluding carboxylic acids is 2. The van der Waals surface area contributed by atoms with Crippen LogP contribution in [0.15, 0.2) is 24.3 Å². The first-order chi connectivity index (χ1) is 14.6. The second-order valence-corrected chi connectivity index (χ2v) is 8.64. The lowest BCUT2D eigenvalue weighted by Crippen LogP contribution is -2.40. The second-order valence-electron chi connectivity index (χ2n) is 8.64. The molecule has 0 unspecified atom stereocenters. The van der Waals surface area contributed by atoms with E-state index in [0.717, 1.165) is 51.2 Å². The van der Waals surface area contributed by atoms with Crippen molar-refractivity contribution in [2.45, 2.75) is 44.9 Å². The summed E-state index contributed by atoms with van der Waals surface area (Å²) in [6.45, 7) is 3.59. The van der Waals surface area contributed by atoms with Crippen LogP contribution in [-0.2, 0) is 31.9 Å². The minimum Gasteiger partial charge on any atom is -0.382 e. The van der Waals surface area contributed by atoms with E-state index < -0.39 is 0 Å². The SMILES string of the molecule is COCCOCC(=O)N1CCC(Cc2ccc(CCC(=O)NCC3CC3)cc2)CC1. The van der Waals surface area contributed by atoms with E-state index in [1.807, 2.05) is 4.90 Å². The lowest BCUT2D eigenvalue weighted by atomic mass is 9.89. The van der Waals surface area contributed by atoms with Crippen molar-refractivity contribution in [3.8, 4) is 0 Å². The topological polar surface area (TPSA) is 67.9 Å². The van der Waals surface area contributed by atoms with Crippen LogP contribution in [0.5, 0.6) is 0 Å². The Bertz CT molecular complexity index is 664. The number of ether oxygens (including phenoxy) is 2. The molecule has 3 rings (SSSR count). The number of piperidine rings is 1. The number of nitrogens with zero attached hydrogens (tertiary/aromatic N) is 1. The van der Waals surface area contributed by atoms with Crippen LogP contribution in [0.2, 0.25) is 0 Å². The Hall–Kier alpha value is -1.92. The monoisotopic (exact) mass is 416 g/mol. The molecule has 1 heterocycles. The normalized spacial score (nSPS) is 17.2. The highest BCUT2D eigenvalue weighted by molar-refractivity contribution is 5.77. The Morgan fingerprint density at radius 1 is 1.00 bits per heavy atom. The molecule has 1 saturated carbocycles. The maximum atomic E-state index is 12.2. The molecule has 1 aliphatic carbocycles. The van der Waals surface area contributed by atoms with Gasteiger partial charge in [0.25, 0.3) is 0 Å². The first-order valence-electron chi connectivity index (χ1n) is 11.3. The maximum absolute atomic E-state index is 12.2. The molecular formula is C24H36N2O4. The third-order valence-corrected chi connectivity index (χ3v) is 6.10. The summed E-state index contributed by atoms with van der Waals surface area (Å²) in [5, 5.41) is 3.03. The molecule has 6 nitrogen and oxygen atoms in total. The van der Waals surface area contributed by atoms with Crippen molar-refractivity contribution in [3.05, 3.63) is 35.4 Å². The van der Waals surface area contributed by atoms with Crippen LogP contribution in [0.1, 0.15) is 43.2 Å². The number of aryl methyl sites for hydroxylation is 1. The first kappa shape index (κ1) is 22.8. The standard InChI is InChI=1S/C24H36N2O4/c1-29-14-15-30-18-24(28)26-12-10-21(11-13-26)16-20-4-2-19(3-5-20)8-9-23(27)25-17-22-6-7-22/h2-5,21-22H,6-18H2,1H3,(H,25,27). The van der Waals surface area contributed by atoms with Gasteiger partial charge in [-0.2, -0.15) is 0 Å². The zero-order chi connectivity index (χ0) is 21.2. The lowest BCUT2D eigenvalue weighted by Gasteiger charge is -2.32. The van der Waals surface area contributed by atoms with Crippen LogP contribution in [-0.4, -0.2) is 63.3 Å². The van der Waals surface area contributed by atoms with Gasteiger partial charge in [0.1, 0.15) is 6.61 Å². The molecule has 6 heteroatoms. The van der Waals surface area contributed by atoms with Gasteiger partial charge in [-0.1, -0.05) is 24.3 Å². The van der Waals surface area contributed by atoms with E-state index in [1.165, 1.54) is 24.0 Å². The molecule has 1 aromatic carbocycles. The molecule has 0 bridgehead atoms. The predicted molar refractivity (Wildman–Crippen MR) is 116 cm³/mol. The van der Waals surface area contributed by atoms with Gasteiger partial charge in [-0.15, -0.1) is 0 Å². The fraction of sp³-hybridized carbons (Fsp3) is 0.667. The molecule has 2 fully saturated rings. The van der Waals surface area contributed by atoms with E-state index in [0.29, 0.717) is 25.6 Å². The smallest absolute Gasteiger partial charge is 0.248 e. The molecule has 0 radical (unpaired) electrons. The summed E-state index contributed by atoms with van der Waals surface area (Å²) < 4.78 is 10.3. The van der Waals surface area contributed by atoms with Crippen LogP contribution >= 0.6 is 0 Å². The lowest BCUT2D eigenvalue weighted by molar-refractivity contribution is -0.138. The van der Waals surface area contributed by atoms with E-state index in [1.54, 1.807) is 7.11 Å². The molecule has 30 heavy (non-hydrogen) atoms. The summed E-state index contributed by atoms with van der Waals surface area (Å²) in [6, 6.07) is 8.69. The van der Waals surface area contributed by atoms with E-state index in [9.17, 15) is 9.59 Å². The Morgan fingerprint density at radius 3 is 2.37 bits per heavy atom. The van der Waals surface area contributed by atoms with Gasteiger partial charge >= 0.3 is 0 Å². The summed E-state index contributed by atoms with van der Waals surface area (Å²) in [4.78, 5) is 26.0. The number of benzene rings is 1. The molecule has 0 atom stereocenters. The zero-order valence-electron chi connectivity index (χ0n) is 18.2. The van der Waals surface area contributed by atoms with Crippen molar-refractivity contribution in [2.24, 2.45) is 11.8 Å². The van der Waals surface area contributed by atoms with Crippen molar-refractivity contribution >= 4 is 11.8 Å². The summed E-state index contributed by atoms with van der Waals surface area (Å²) in [5.41, 5.74) is 2.55. The molecule has 166 valence electrons. The Kier molecular flexibility index (Phi) is 9.15. The highest BCUT2D eigenvalue weighted by Crippen LogP contribution is 2.27. The fourth-order valence-corrected chi connectivity index (χ4v) is 3.88. The molecule has 1 N–H and O–H groups in total. The molecular weight excluding hydrogens is 380 g/mol.